The molecular weight excluding hydrogens is 471 g/mol. The summed E-state index contributed by atoms with van der Waals surface area (Å²) in [5.41, 5.74) is 4.60. The first-order valence-corrected chi connectivity index (χ1v) is 9.21. The Hall–Kier alpha value is -1.63. The molecule has 2 aromatic rings. The van der Waals surface area contributed by atoms with Gasteiger partial charge in [0.2, 0.25) is 0 Å². The van der Waals surface area contributed by atoms with Crippen LogP contribution in [0.5, 0.6) is 5.75 Å². The first kappa shape index (κ1) is 19.7. The Morgan fingerprint density at radius 3 is 2.60 bits per heavy atom. The topological polar surface area (TPSA) is 50.7 Å². The van der Waals surface area contributed by atoms with E-state index in [4.69, 9.17) is 16.3 Å². The van der Waals surface area contributed by atoms with Crippen molar-refractivity contribution in [3.8, 4) is 5.75 Å². The lowest BCUT2D eigenvalue weighted by Gasteiger charge is -2.09. The maximum atomic E-state index is 12.1. The van der Waals surface area contributed by atoms with E-state index in [-0.39, 0.29) is 5.91 Å². The highest BCUT2D eigenvalue weighted by Crippen LogP contribution is 2.34. The van der Waals surface area contributed by atoms with E-state index in [1.54, 1.807) is 18.2 Å². The van der Waals surface area contributed by atoms with Crippen molar-refractivity contribution in [1.82, 2.24) is 5.43 Å². The van der Waals surface area contributed by atoms with E-state index in [2.05, 4.69) is 49.0 Å². The summed E-state index contributed by atoms with van der Waals surface area (Å²) in [4.78, 5) is 12.1. The van der Waals surface area contributed by atoms with Gasteiger partial charge in [-0.25, -0.2) is 5.43 Å². The average Bonchev–Trinajstić information content (AvgIpc) is 2.54. The molecule has 2 aromatic carbocycles. The molecule has 0 aromatic heterocycles. The Bertz CT molecular complexity index is 815. The van der Waals surface area contributed by atoms with Crippen LogP contribution in [0.1, 0.15) is 21.5 Å². The fourth-order valence-corrected chi connectivity index (χ4v) is 3.74. The summed E-state index contributed by atoms with van der Waals surface area (Å²) < 4.78 is 7.08. The molecule has 2 rings (SSSR count). The van der Waals surface area contributed by atoms with Crippen molar-refractivity contribution in [3.63, 3.8) is 0 Å². The highest BCUT2D eigenvalue weighted by atomic mass is 79.9. The van der Waals surface area contributed by atoms with Crippen LogP contribution in [0.4, 0.5) is 0 Å². The van der Waals surface area contributed by atoms with Crippen molar-refractivity contribution in [1.29, 1.82) is 0 Å². The Morgan fingerprint density at radius 1 is 1.32 bits per heavy atom. The largest absolute Gasteiger partial charge is 0.487 e. The second-order valence-corrected chi connectivity index (χ2v) is 7.21. The van der Waals surface area contributed by atoms with E-state index in [1.807, 2.05) is 25.1 Å². The van der Waals surface area contributed by atoms with E-state index in [0.29, 0.717) is 22.9 Å². The molecule has 0 unspecified atom stereocenters. The number of nitrogens with one attached hydrogen (secondary N) is 1. The van der Waals surface area contributed by atoms with Gasteiger partial charge >= 0.3 is 0 Å². The number of nitrogens with zero attached hydrogens (tertiary/aromatic N) is 1. The van der Waals surface area contributed by atoms with Crippen molar-refractivity contribution in [2.24, 2.45) is 5.10 Å². The van der Waals surface area contributed by atoms with Crippen LogP contribution in [0.3, 0.4) is 0 Å². The van der Waals surface area contributed by atoms with Crippen LogP contribution in [0.25, 0.3) is 0 Å². The molecule has 0 spiro atoms. The van der Waals surface area contributed by atoms with Gasteiger partial charge in [-0.15, -0.1) is 0 Å². The quantitative estimate of drug-likeness (QED) is 0.333. The number of benzene rings is 2. The molecule has 1 N–H and O–H groups in total. The molecule has 0 aliphatic rings. The number of hydrogen-bond donors (Lipinski definition) is 1. The molecular formula is C18H15Br2ClN2O2. The summed E-state index contributed by atoms with van der Waals surface area (Å²) in [6.07, 6.45) is 3.20. The highest BCUT2D eigenvalue weighted by Gasteiger charge is 2.10. The number of hydrogen-bond acceptors (Lipinski definition) is 3. The van der Waals surface area contributed by atoms with Crippen molar-refractivity contribution >= 4 is 55.6 Å². The molecule has 25 heavy (non-hydrogen) atoms. The zero-order chi connectivity index (χ0) is 18.4. The SMILES string of the molecule is C=CCOc1c(Br)cc(/C=N\NC(=O)c2ccc(C)cc2Cl)cc1Br. The molecule has 130 valence electrons. The Balaban J connectivity index is 2.09. The third-order valence-corrected chi connectivity index (χ3v) is 4.61. The van der Waals surface area contributed by atoms with Crippen LogP contribution in [-0.4, -0.2) is 18.7 Å². The number of carbonyl (C=O) groups excluding carboxylic acids is 1. The fourth-order valence-electron chi connectivity index (χ4n) is 1.96. The molecule has 0 aliphatic carbocycles. The number of aryl methyl sites for hydroxylation is 1. The zero-order valence-electron chi connectivity index (χ0n) is 13.4. The van der Waals surface area contributed by atoms with Gasteiger partial charge in [-0.3, -0.25) is 4.79 Å². The number of rotatable bonds is 6. The van der Waals surface area contributed by atoms with Gasteiger partial charge in [-0.1, -0.05) is 30.3 Å². The maximum absolute atomic E-state index is 12.1. The number of hydrazone groups is 1. The van der Waals surface area contributed by atoms with Crippen molar-refractivity contribution in [3.05, 3.63) is 73.6 Å². The molecule has 0 heterocycles. The van der Waals surface area contributed by atoms with Gasteiger partial charge in [-0.05, 0) is 74.2 Å². The van der Waals surface area contributed by atoms with Gasteiger partial charge in [0.1, 0.15) is 12.4 Å². The molecule has 7 heteroatoms. The maximum Gasteiger partial charge on any atom is 0.272 e. The van der Waals surface area contributed by atoms with Crippen LogP contribution in [0.15, 0.2) is 57.0 Å². The van der Waals surface area contributed by atoms with E-state index >= 15 is 0 Å². The lowest BCUT2D eigenvalue weighted by Crippen LogP contribution is -2.18. The standard InChI is InChI=1S/C18H15Br2ClN2O2/c1-3-6-25-17-14(19)8-12(9-15(17)20)10-22-23-18(24)13-5-4-11(2)7-16(13)21/h3-5,7-10H,1,6H2,2H3,(H,23,24)/b22-10-. The third kappa shape index (κ3) is 5.42. The molecule has 0 saturated carbocycles. The minimum Gasteiger partial charge on any atom is -0.487 e. The second kappa shape index (κ2) is 9.17. The number of halogens is 3. The molecule has 0 fully saturated rings. The third-order valence-electron chi connectivity index (χ3n) is 3.12. The van der Waals surface area contributed by atoms with E-state index in [9.17, 15) is 4.79 Å². The molecule has 0 bridgehead atoms. The van der Waals surface area contributed by atoms with Crippen LogP contribution < -0.4 is 10.2 Å². The van der Waals surface area contributed by atoms with Crippen molar-refractivity contribution in [2.45, 2.75) is 6.92 Å². The van der Waals surface area contributed by atoms with Gasteiger partial charge < -0.3 is 4.74 Å². The van der Waals surface area contributed by atoms with E-state index < -0.39 is 0 Å². The lowest BCUT2D eigenvalue weighted by molar-refractivity contribution is 0.0955. The van der Waals surface area contributed by atoms with Gasteiger partial charge in [0.15, 0.2) is 0 Å². The van der Waals surface area contributed by atoms with Gasteiger partial charge in [0.05, 0.1) is 25.7 Å². The molecule has 4 nitrogen and oxygen atoms in total. The predicted molar refractivity (Wildman–Crippen MR) is 109 cm³/mol. The summed E-state index contributed by atoms with van der Waals surface area (Å²) in [6, 6.07) is 8.88. The predicted octanol–water partition coefficient (Wildman–Crippen LogP) is 5.50. The van der Waals surface area contributed by atoms with Crippen LogP contribution in [-0.2, 0) is 0 Å². The molecule has 0 atom stereocenters. The minimum atomic E-state index is -0.370. The Kier molecular flexibility index (Phi) is 7.23. The van der Waals surface area contributed by atoms with Gasteiger partial charge in [0, 0.05) is 0 Å². The molecule has 0 aliphatic heterocycles. The Morgan fingerprint density at radius 2 is 2.00 bits per heavy atom. The summed E-state index contributed by atoms with van der Waals surface area (Å²) >= 11 is 13.0. The monoisotopic (exact) mass is 484 g/mol. The smallest absolute Gasteiger partial charge is 0.272 e. The average molecular weight is 487 g/mol. The summed E-state index contributed by atoms with van der Waals surface area (Å²) in [7, 11) is 0. The molecule has 0 saturated heterocycles. The van der Waals surface area contributed by atoms with Crippen LogP contribution >= 0.6 is 43.5 Å². The van der Waals surface area contributed by atoms with Crippen molar-refractivity contribution in [2.75, 3.05) is 6.61 Å². The minimum absolute atomic E-state index is 0.370. The molecule has 0 radical (unpaired) electrons. The summed E-state index contributed by atoms with van der Waals surface area (Å²) in [6.45, 7) is 5.93. The van der Waals surface area contributed by atoms with Crippen LogP contribution in [0.2, 0.25) is 5.02 Å². The van der Waals surface area contributed by atoms with Crippen LogP contribution in [0, 0.1) is 6.92 Å². The van der Waals surface area contributed by atoms with Gasteiger partial charge in [0.25, 0.3) is 5.91 Å². The zero-order valence-corrected chi connectivity index (χ0v) is 17.3. The first-order valence-electron chi connectivity index (χ1n) is 7.24. The highest BCUT2D eigenvalue weighted by molar-refractivity contribution is 9.11. The van der Waals surface area contributed by atoms with E-state index in [0.717, 1.165) is 20.1 Å². The summed E-state index contributed by atoms with van der Waals surface area (Å²) in [5.74, 6) is 0.304. The normalized spacial score (nSPS) is 10.7. The number of ether oxygens (including phenoxy) is 1. The second-order valence-electron chi connectivity index (χ2n) is 5.10. The van der Waals surface area contributed by atoms with Crippen molar-refractivity contribution < 1.29 is 9.53 Å². The number of carbonyl (C=O) groups is 1. The lowest BCUT2D eigenvalue weighted by atomic mass is 10.1. The first-order chi connectivity index (χ1) is 11.9. The number of amides is 1. The van der Waals surface area contributed by atoms with E-state index in [1.165, 1.54) is 6.21 Å². The fraction of sp³-hybridized carbons (Fsp3) is 0.111. The molecule has 1 amide bonds. The van der Waals surface area contributed by atoms with Gasteiger partial charge in [-0.2, -0.15) is 5.10 Å². The Labute approximate surface area is 168 Å². The summed E-state index contributed by atoms with van der Waals surface area (Å²) in [5, 5.41) is 4.36.